The van der Waals surface area contributed by atoms with Gasteiger partial charge in [0.2, 0.25) is 5.91 Å². The smallest absolute Gasteiger partial charge is 0.419 e. The van der Waals surface area contributed by atoms with Crippen LogP contribution in [0.25, 0.3) is 0 Å². The molecule has 2 aromatic heterocycles. The van der Waals surface area contributed by atoms with E-state index in [1.54, 1.807) is 17.0 Å². The third-order valence-corrected chi connectivity index (χ3v) is 4.20. The largest absolute Gasteiger partial charge is 0.467 e. The maximum absolute atomic E-state index is 13.2. The molecule has 0 radical (unpaired) electrons. The predicted octanol–water partition coefficient (Wildman–Crippen LogP) is 3.23. The van der Waals surface area contributed by atoms with Gasteiger partial charge in [0.05, 0.1) is 24.3 Å². The van der Waals surface area contributed by atoms with Crippen molar-refractivity contribution in [2.24, 2.45) is 5.92 Å². The van der Waals surface area contributed by atoms with Crippen LogP contribution in [0, 0.1) is 5.92 Å². The molecule has 2 aromatic rings. The van der Waals surface area contributed by atoms with E-state index in [1.165, 1.54) is 18.5 Å². The lowest BCUT2D eigenvalue weighted by atomic mass is 9.96. The van der Waals surface area contributed by atoms with E-state index in [9.17, 15) is 18.0 Å². The summed E-state index contributed by atoms with van der Waals surface area (Å²) in [7, 11) is 0. The Kier molecular flexibility index (Phi) is 4.96. The average Bonchev–Trinajstić information content (AvgIpc) is 3.12. The standard InChI is InChI=1S/C17H18F3N3O2/c18-17(19,20)14-6-1-7-21-15(14)23-8-2-4-12(11-23)16(24)22-10-13-5-3-9-25-13/h1,3,5-7,9,12H,2,4,8,10-11H2,(H,22,24). The van der Waals surface area contributed by atoms with Crippen molar-refractivity contribution in [1.82, 2.24) is 10.3 Å². The summed E-state index contributed by atoms with van der Waals surface area (Å²) in [5, 5.41) is 2.77. The highest BCUT2D eigenvalue weighted by Crippen LogP contribution is 2.36. The van der Waals surface area contributed by atoms with E-state index in [2.05, 4.69) is 10.3 Å². The monoisotopic (exact) mass is 353 g/mol. The second-order valence-electron chi connectivity index (χ2n) is 5.95. The van der Waals surface area contributed by atoms with Crippen LogP contribution in [0.15, 0.2) is 41.1 Å². The van der Waals surface area contributed by atoms with Crippen molar-refractivity contribution in [3.63, 3.8) is 0 Å². The molecule has 1 unspecified atom stereocenters. The first-order valence-electron chi connectivity index (χ1n) is 8.02. The van der Waals surface area contributed by atoms with Gasteiger partial charge in [-0.1, -0.05) is 0 Å². The number of carbonyl (C=O) groups excluding carboxylic acids is 1. The topological polar surface area (TPSA) is 58.4 Å². The quantitative estimate of drug-likeness (QED) is 0.917. The summed E-state index contributed by atoms with van der Waals surface area (Å²) in [6.45, 7) is 0.922. The molecule has 3 rings (SSSR count). The minimum Gasteiger partial charge on any atom is -0.467 e. The average molecular weight is 353 g/mol. The highest BCUT2D eigenvalue weighted by Gasteiger charge is 2.37. The van der Waals surface area contributed by atoms with Crippen LogP contribution in [0.4, 0.5) is 19.0 Å². The summed E-state index contributed by atoms with van der Waals surface area (Å²) in [6.07, 6.45) is -0.353. The van der Waals surface area contributed by atoms with Crippen LogP contribution in [-0.4, -0.2) is 24.0 Å². The molecular formula is C17H18F3N3O2. The summed E-state index contributed by atoms with van der Waals surface area (Å²) in [6, 6.07) is 5.76. The number of piperidine rings is 1. The molecule has 5 nitrogen and oxygen atoms in total. The fraction of sp³-hybridized carbons (Fsp3) is 0.412. The van der Waals surface area contributed by atoms with Gasteiger partial charge in [0.25, 0.3) is 0 Å². The van der Waals surface area contributed by atoms with Crippen molar-refractivity contribution < 1.29 is 22.4 Å². The zero-order valence-corrected chi connectivity index (χ0v) is 13.4. The van der Waals surface area contributed by atoms with Crippen LogP contribution in [0.3, 0.4) is 0 Å². The molecular weight excluding hydrogens is 335 g/mol. The lowest BCUT2D eigenvalue weighted by Gasteiger charge is -2.34. The Hall–Kier alpha value is -2.51. The molecule has 134 valence electrons. The molecule has 0 aliphatic carbocycles. The molecule has 3 heterocycles. The lowest BCUT2D eigenvalue weighted by molar-refractivity contribution is -0.137. The first-order valence-corrected chi connectivity index (χ1v) is 8.02. The third-order valence-electron chi connectivity index (χ3n) is 4.20. The fourth-order valence-corrected chi connectivity index (χ4v) is 2.99. The van der Waals surface area contributed by atoms with E-state index in [-0.39, 0.29) is 30.7 Å². The van der Waals surface area contributed by atoms with Crippen LogP contribution in [-0.2, 0) is 17.5 Å². The number of aromatic nitrogens is 1. The molecule has 8 heteroatoms. The van der Waals surface area contributed by atoms with Gasteiger partial charge in [-0.15, -0.1) is 0 Å². The molecule has 1 atom stereocenters. The number of alkyl halides is 3. The fourth-order valence-electron chi connectivity index (χ4n) is 2.99. The van der Waals surface area contributed by atoms with E-state index in [4.69, 9.17) is 4.42 Å². The van der Waals surface area contributed by atoms with Crippen molar-refractivity contribution in [1.29, 1.82) is 0 Å². The van der Waals surface area contributed by atoms with Gasteiger partial charge in [0.15, 0.2) is 0 Å². The van der Waals surface area contributed by atoms with Crippen LogP contribution in [0.1, 0.15) is 24.2 Å². The number of pyridine rings is 1. The second-order valence-corrected chi connectivity index (χ2v) is 5.95. The molecule has 1 N–H and O–H groups in total. The molecule has 1 aliphatic heterocycles. The molecule has 0 spiro atoms. The van der Waals surface area contributed by atoms with Crippen molar-refractivity contribution in [3.8, 4) is 0 Å². The summed E-state index contributed by atoms with van der Waals surface area (Å²) >= 11 is 0. The van der Waals surface area contributed by atoms with Gasteiger partial charge in [-0.05, 0) is 37.1 Å². The van der Waals surface area contributed by atoms with E-state index < -0.39 is 11.7 Å². The van der Waals surface area contributed by atoms with E-state index in [0.717, 1.165) is 6.07 Å². The van der Waals surface area contributed by atoms with E-state index >= 15 is 0 Å². The Balaban J connectivity index is 1.68. The Morgan fingerprint density at radius 2 is 2.20 bits per heavy atom. The Bertz CT molecular complexity index is 716. The number of rotatable bonds is 4. The van der Waals surface area contributed by atoms with E-state index in [1.807, 2.05) is 0 Å². The van der Waals surface area contributed by atoms with Crippen LogP contribution >= 0.6 is 0 Å². The number of furan rings is 1. The van der Waals surface area contributed by atoms with E-state index in [0.29, 0.717) is 25.1 Å². The van der Waals surface area contributed by atoms with Crippen molar-refractivity contribution in [2.75, 3.05) is 18.0 Å². The number of amides is 1. The Morgan fingerprint density at radius 1 is 1.36 bits per heavy atom. The van der Waals surface area contributed by atoms with Gasteiger partial charge < -0.3 is 14.6 Å². The second kappa shape index (κ2) is 7.16. The number of carbonyl (C=O) groups is 1. The molecule has 0 saturated carbocycles. The number of anilines is 1. The number of hydrogen-bond donors (Lipinski definition) is 1. The molecule has 0 aromatic carbocycles. The first kappa shape index (κ1) is 17.3. The highest BCUT2D eigenvalue weighted by molar-refractivity contribution is 5.79. The minimum atomic E-state index is -4.47. The summed E-state index contributed by atoms with van der Waals surface area (Å²) in [5.41, 5.74) is -0.772. The van der Waals surface area contributed by atoms with Gasteiger partial charge >= 0.3 is 6.18 Å². The molecule has 1 saturated heterocycles. The lowest BCUT2D eigenvalue weighted by Crippen LogP contribution is -2.43. The summed E-state index contributed by atoms with van der Waals surface area (Å²) in [4.78, 5) is 17.8. The minimum absolute atomic E-state index is 0.112. The van der Waals surface area contributed by atoms with Gasteiger partial charge in [-0.25, -0.2) is 4.98 Å². The van der Waals surface area contributed by atoms with Gasteiger partial charge in [-0.2, -0.15) is 13.2 Å². The highest BCUT2D eigenvalue weighted by atomic mass is 19.4. The maximum Gasteiger partial charge on any atom is 0.419 e. The zero-order valence-electron chi connectivity index (χ0n) is 13.4. The normalized spacial score (nSPS) is 18.2. The van der Waals surface area contributed by atoms with Crippen molar-refractivity contribution >= 4 is 11.7 Å². The Labute approximate surface area is 142 Å². The van der Waals surface area contributed by atoms with Crippen LogP contribution in [0.2, 0.25) is 0 Å². The first-order chi connectivity index (χ1) is 11.9. The summed E-state index contributed by atoms with van der Waals surface area (Å²) < 4.78 is 44.7. The SMILES string of the molecule is O=C(NCc1ccco1)C1CCCN(c2ncccc2C(F)(F)F)C1. The van der Waals surface area contributed by atoms with Crippen LogP contribution in [0.5, 0.6) is 0 Å². The van der Waals surface area contributed by atoms with Gasteiger partial charge in [0, 0.05) is 19.3 Å². The Morgan fingerprint density at radius 3 is 2.92 bits per heavy atom. The number of nitrogens with one attached hydrogen (secondary N) is 1. The number of nitrogens with zero attached hydrogens (tertiary/aromatic N) is 2. The van der Waals surface area contributed by atoms with Crippen LogP contribution < -0.4 is 10.2 Å². The molecule has 1 amide bonds. The number of hydrogen-bond acceptors (Lipinski definition) is 4. The van der Waals surface area contributed by atoms with Crippen molar-refractivity contribution in [2.45, 2.75) is 25.6 Å². The molecule has 1 fully saturated rings. The molecule has 0 bridgehead atoms. The van der Waals surface area contributed by atoms with Gasteiger partial charge in [-0.3, -0.25) is 4.79 Å². The van der Waals surface area contributed by atoms with Crippen molar-refractivity contribution in [3.05, 3.63) is 48.0 Å². The van der Waals surface area contributed by atoms with Gasteiger partial charge in [0.1, 0.15) is 11.6 Å². The molecule has 25 heavy (non-hydrogen) atoms. The number of halogens is 3. The third kappa shape index (κ3) is 4.12. The zero-order chi connectivity index (χ0) is 17.9. The predicted molar refractivity (Wildman–Crippen MR) is 84.7 cm³/mol. The molecule has 1 aliphatic rings. The maximum atomic E-state index is 13.2. The summed E-state index contributed by atoms with van der Waals surface area (Å²) in [5.74, 6) is -0.0546.